The van der Waals surface area contributed by atoms with E-state index in [0.717, 1.165) is 0 Å². The number of carbonyl (C=O) groups is 1. The fourth-order valence-electron chi connectivity index (χ4n) is 1.66. The van der Waals surface area contributed by atoms with Crippen molar-refractivity contribution in [1.29, 1.82) is 0 Å². The van der Waals surface area contributed by atoms with E-state index >= 15 is 0 Å². The monoisotopic (exact) mass is 369 g/mol. The first-order valence-electron chi connectivity index (χ1n) is 5.54. The van der Waals surface area contributed by atoms with Crippen LogP contribution in [0.3, 0.4) is 0 Å². The predicted octanol–water partition coefficient (Wildman–Crippen LogP) is 2.98. The lowest BCUT2D eigenvalue weighted by atomic mass is 10.1. The second kappa shape index (κ2) is 5.48. The molecule has 19 heavy (non-hydrogen) atoms. The molecule has 0 aliphatic rings. The van der Waals surface area contributed by atoms with E-state index in [1.165, 1.54) is 17.0 Å². The smallest absolute Gasteiger partial charge is 0.258 e. The number of nitrogens with zero attached hydrogens (tertiary/aromatic N) is 1. The molecule has 0 saturated heterocycles. The molecule has 0 aromatic heterocycles. The molecular formula is C14H12INO3. The lowest BCUT2D eigenvalue weighted by molar-refractivity contribution is 0.0992. The van der Waals surface area contributed by atoms with Crippen molar-refractivity contribution in [2.45, 2.75) is 0 Å². The Labute approximate surface area is 124 Å². The average molecular weight is 369 g/mol. The molecule has 0 saturated carbocycles. The summed E-state index contributed by atoms with van der Waals surface area (Å²) in [5.41, 5.74) is 0.979. The molecule has 2 aromatic carbocycles. The number of phenols is 2. The highest BCUT2D eigenvalue weighted by Gasteiger charge is 2.15. The molecule has 0 aliphatic heterocycles. The van der Waals surface area contributed by atoms with Crippen molar-refractivity contribution in [2.24, 2.45) is 0 Å². The summed E-state index contributed by atoms with van der Waals surface area (Å²) in [6.45, 7) is 0. The molecule has 0 radical (unpaired) electrons. The number of aromatic hydroxyl groups is 2. The molecule has 5 heteroatoms. The number of carbonyl (C=O) groups excluding carboxylic acids is 1. The van der Waals surface area contributed by atoms with Crippen LogP contribution < -0.4 is 4.90 Å². The van der Waals surface area contributed by atoms with Gasteiger partial charge in [0.15, 0.2) is 0 Å². The molecule has 0 fully saturated rings. The van der Waals surface area contributed by atoms with E-state index in [0.29, 0.717) is 14.8 Å². The molecule has 2 rings (SSSR count). The zero-order valence-corrected chi connectivity index (χ0v) is 12.3. The SMILES string of the molecule is CN(C(=O)c1ccc(I)c(O)c1)c1cccc(O)c1. The third-order valence-corrected chi connectivity index (χ3v) is 3.63. The number of phenolic OH excluding ortho intramolecular Hbond substituents is 2. The van der Waals surface area contributed by atoms with Crippen molar-refractivity contribution in [3.63, 3.8) is 0 Å². The molecule has 4 nitrogen and oxygen atoms in total. The molecule has 98 valence electrons. The molecule has 0 aliphatic carbocycles. The molecule has 2 N–H and O–H groups in total. The van der Waals surface area contributed by atoms with Crippen LogP contribution in [0.15, 0.2) is 42.5 Å². The van der Waals surface area contributed by atoms with Gasteiger partial charge in [0.25, 0.3) is 5.91 Å². The van der Waals surface area contributed by atoms with Crippen molar-refractivity contribution in [3.8, 4) is 11.5 Å². The maximum Gasteiger partial charge on any atom is 0.258 e. The first kappa shape index (κ1) is 13.7. The Hall–Kier alpha value is -1.76. The average Bonchev–Trinajstić information content (AvgIpc) is 2.40. The molecule has 0 heterocycles. The number of rotatable bonds is 2. The van der Waals surface area contributed by atoms with E-state index in [4.69, 9.17) is 0 Å². The van der Waals surface area contributed by atoms with Crippen LogP contribution in [-0.4, -0.2) is 23.2 Å². The summed E-state index contributed by atoms with van der Waals surface area (Å²) < 4.78 is 0.689. The number of amides is 1. The van der Waals surface area contributed by atoms with Gasteiger partial charge in [-0.05, 0) is 52.9 Å². The summed E-state index contributed by atoms with van der Waals surface area (Å²) in [5.74, 6) is -0.0735. The van der Waals surface area contributed by atoms with E-state index in [1.807, 2.05) is 22.6 Å². The Morgan fingerprint density at radius 1 is 1.16 bits per heavy atom. The van der Waals surface area contributed by atoms with E-state index < -0.39 is 0 Å². The lowest BCUT2D eigenvalue weighted by Crippen LogP contribution is -2.26. The van der Waals surface area contributed by atoms with Crippen molar-refractivity contribution >= 4 is 34.2 Å². The van der Waals surface area contributed by atoms with Crippen LogP contribution in [0.5, 0.6) is 11.5 Å². The van der Waals surface area contributed by atoms with Gasteiger partial charge in [-0.15, -0.1) is 0 Å². The van der Waals surface area contributed by atoms with Gasteiger partial charge in [-0.1, -0.05) is 6.07 Å². The van der Waals surface area contributed by atoms with E-state index in [2.05, 4.69) is 0 Å². The van der Waals surface area contributed by atoms with E-state index in [-0.39, 0.29) is 17.4 Å². The van der Waals surface area contributed by atoms with Gasteiger partial charge in [0.2, 0.25) is 0 Å². The summed E-state index contributed by atoms with van der Waals surface area (Å²) in [4.78, 5) is 13.7. The van der Waals surface area contributed by atoms with Crippen LogP contribution in [0.25, 0.3) is 0 Å². The van der Waals surface area contributed by atoms with Gasteiger partial charge >= 0.3 is 0 Å². The van der Waals surface area contributed by atoms with Crippen LogP contribution in [0.4, 0.5) is 5.69 Å². The lowest BCUT2D eigenvalue weighted by Gasteiger charge is -2.17. The van der Waals surface area contributed by atoms with Crippen molar-refractivity contribution in [2.75, 3.05) is 11.9 Å². The number of hydrogen-bond donors (Lipinski definition) is 2. The normalized spacial score (nSPS) is 10.2. The quantitative estimate of drug-likeness (QED) is 0.801. The Bertz CT molecular complexity index is 628. The van der Waals surface area contributed by atoms with E-state index in [1.54, 1.807) is 37.4 Å². The number of hydrogen-bond acceptors (Lipinski definition) is 3. The number of benzene rings is 2. The van der Waals surface area contributed by atoms with Crippen molar-refractivity contribution < 1.29 is 15.0 Å². The van der Waals surface area contributed by atoms with Crippen LogP contribution in [0.2, 0.25) is 0 Å². The van der Waals surface area contributed by atoms with Gasteiger partial charge < -0.3 is 15.1 Å². The first-order chi connectivity index (χ1) is 8.99. The highest BCUT2D eigenvalue weighted by Crippen LogP contribution is 2.24. The molecule has 0 spiro atoms. The highest BCUT2D eigenvalue weighted by molar-refractivity contribution is 14.1. The third-order valence-electron chi connectivity index (χ3n) is 2.71. The maximum atomic E-state index is 12.3. The Morgan fingerprint density at radius 2 is 1.89 bits per heavy atom. The Balaban J connectivity index is 2.30. The standard InChI is InChI=1S/C14H12INO3/c1-16(10-3-2-4-11(17)8-10)14(19)9-5-6-12(15)13(18)7-9/h2-8,17-18H,1H3. The van der Waals surface area contributed by atoms with Crippen molar-refractivity contribution in [1.82, 2.24) is 0 Å². The fourth-order valence-corrected chi connectivity index (χ4v) is 1.99. The van der Waals surface area contributed by atoms with Crippen LogP contribution in [0, 0.1) is 3.57 Å². The van der Waals surface area contributed by atoms with Gasteiger partial charge in [0, 0.05) is 24.4 Å². The van der Waals surface area contributed by atoms with Gasteiger partial charge in [-0.3, -0.25) is 4.79 Å². The number of halogens is 1. The molecule has 0 atom stereocenters. The summed E-state index contributed by atoms with van der Waals surface area (Å²) in [7, 11) is 1.62. The van der Waals surface area contributed by atoms with Crippen LogP contribution >= 0.6 is 22.6 Å². The Kier molecular flexibility index (Phi) is 3.94. The van der Waals surface area contributed by atoms with Gasteiger partial charge in [-0.25, -0.2) is 0 Å². The zero-order chi connectivity index (χ0) is 14.0. The highest BCUT2D eigenvalue weighted by atomic mass is 127. The summed E-state index contributed by atoms with van der Waals surface area (Å²) in [6, 6.07) is 11.2. The molecule has 0 bridgehead atoms. The minimum absolute atomic E-state index is 0.0794. The van der Waals surface area contributed by atoms with Crippen LogP contribution in [-0.2, 0) is 0 Å². The minimum Gasteiger partial charge on any atom is -0.508 e. The van der Waals surface area contributed by atoms with Crippen molar-refractivity contribution in [3.05, 3.63) is 51.6 Å². The Morgan fingerprint density at radius 3 is 2.53 bits per heavy atom. The molecule has 2 aromatic rings. The largest absolute Gasteiger partial charge is 0.508 e. The zero-order valence-electron chi connectivity index (χ0n) is 10.2. The predicted molar refractivity (Wildman–Crippen MR) is 81.7 cm³/mol. The fraction of sp³-hybridized carbons (Fsp3) is 0.0714. The molecule has 0 unspecified atom stereocenters. The summed E-state index contributed by atoms with van der Waals surface area (Å²) in [6.07, 6.45) is 0. The first-order valence-corrected chi connectivity index (χ1v) is 6.62. The van der Waals surface area contributed by atoms with Gasteiger partial charge in [0.05, 0.1) is 3.57 Å². The van der Waals surface area contributed by atoms with E-state index in [9.17, 15) is 15.0 Å². The summed E-state index contributed by atoms with van der Waals surface area (Å²) in [5, 5.41) is 19.0. The second-order valence-electron chi connectivity index (χ2n) is 4.05. The van der Waals surface area contributed by atoms with Gasteiger partial charge in [0.1, 0.15) is 11.5 Å². The third kappa shape index (κ3) is 2.98. The van der Waals surface area contributed by atoms with Crippen LogP contribution in [0.1, 0.15) is 10.4 Å². The number of anilines is 1. The second-order valence-corrected chi connectivity index (χ2v) is 5.21. The van der Waals surface area contributed by atoms with Gasteiger partial charge in [-0.2, -0.15) is 0 Å². The maximum absolute atomic E-state index is 12.3. The molecular weight excluding hydrogens is 357 g/mol. The topological polar surface area (TPSA) is 60.8 Å². The molecule has 1 amide bonds. The minimum atomic E-state index is -0.252. The summed E-state index contributed by atoms with van der Waals surface area (Å²) >= 11 is 1.99.